The van der Waals surface area contributed by atoms with Crippen LogP contribution >= 0.6 is 0 Å². The first-order valence-electron chi connectivity index (χ1n) is 5.23. The van der Waals surface area contributed by atoms with Crippen molar-refractivity contribution in [3.05, 3.63) is 42.0 Å². The quantitative estimate of drug-likeness (QED) is 0.724. The van der Waals surface area contributed by atoms with Crippen LogP contribution < -0.4 is 0 Å². The second-order valence-corrected chi connectivity index (χ2v) is 21.0. The molecule has 0 aliphatic rings. The number of rotatable bonds is 3. The van der Waals surface area contributed by atoms with E-state index < -0.39 is 18.4 Å². The Morgan fingerprint density at radius 2 is 1.64 bits per heavy atom. The Balaban J connectivity index is 2.66. The van der Waals surface area contributed by atoms with Gasteiger partial charge in [-0.2, -0.15) is 0 Å². The summed E-state index contributed by atoms with van der Waals surface area (Å²) in [7, 11) is 0. The van der Waals surface area contributed by atoms with E-state index >= 15 is 0 Å². The molecule has 0 aromatic heterocycles. The first kappa shape index (κ1) is 11.8. The van der Waals surface area contributed by atoms with E-state index in [0.29, 0.717) is 0 Å². The number of hydrogen-bond donors (Lipinski definition) is 0. The molecule has 0 bridgehead atoms. The van der Waals surface area contributed by atoms with Crippen LogP contribution in [0.4, 0.5) is 0 Å². The fourth-order valence-electron chi connectivity index (χ4n) is 1.11. The Hall–Kier alpha value is -0.241. The molecule has 0 radical (unpaired) electrons. The molecule has 0 aliphatic heterocycles. The molecule has 0 saturated carbocycles. The van der Waals surface area contributed by atoms with Gasteiger partial charge in [-0.15, -0.1) is 0 Å². The average Bonchev–Trinajstić information content (AvgIpc) is 2.14. The van der Waals surface area contributed by atoms with Crippen molar-refractivity contribution in [2.45, 2.75) is 25.7 Å². The molecule has 14 heavy (non-hydrogen) atoms. The van der Waals surface area contributed by atoms with Crippen LogP contribution in [0.5, 0.6) is 0 Å². The van der Waals surface area contributed by atoms with E-state index in [1.807, 2.05) is 0 Å². The van der Waals surface area contributed by atoms with Crippen molar-refractivity contribution >= 4 is 24.5 Å². The van der Waals surface area contributed by atoms with Crippen LogP contribution in [0, 0.1) is 0 Å². The summed E-state index contributed by atoms with van der Waals surface area (Å²) in [6, 6.07) is 10.5. The molecular weight excluding hydrogens is 275 g/mol. The molecule has 0 nitrogen and oxygen atoms in total. The van der Waals surface area contributed by atoms with Crippen LogP contribution in [-0.4, -0.2) is 18.4 Å². The van der Waals surface area contributed by atoms with Crippen LogP contribution in [0.3, 0.4) is 0 Å². The van der Waals surface area contributed by atoms with E-state index in [9.17, 15) is 0 Å². The summed E-state index contributed by atoms with van der Waals surface area (Å²) in [5.41, 5.74) is 1.31. The third kappa shape index (κ3) is 3.87. The van der Waals surface area contributed by atoms with E-state index in [0.717, 1.165) is 3.93 Å². The Morgan fingerprint density at radius 3 is 2.14 bits per heavy atom. The predicted molar refractivity (Wildman–Crippen MR) is 68.2 cm³/mol. The van der Waals surface area contributed by atoms with Crippen molar-refractivity contribution in [3.63, 3.8) is 0 Å². The van der Waals surface area contributed by atoms with Crippen molar-refractivity contribution in [1.29, 1.82) is 0 Å². The van der Waals surface area contributed by atoms with Crippen LogP contribution in [0.1, 0.15) is 12.5 Å². The van der Waals surface area contributed by atoms with Gasteiger partial charge in [-0.05, 0) is 0 Å². The molecule has 1 aromatic rings. The van der Waals surface area contributed by atoms with E-state index in [2.05, 4.69) is 64.2 Å². The summed E-state index contributed by atoms with van der Waals surface area (Å²) in [4.78, 5) is 7.44. The van der Waals surface area contributed by atoms with Gasteiger partial charge < -0.3 is 0 Å². The molecule has 76 valence electrons. The molecule has 1 atom stereocenters. The summed E-state index contributed by atoms with van der Waals surface area (Å²) in [5.74, 6) is 0. The van der Waals surface area contributed by atoms with Gasteiger partial charge in [0.2, 0.25) is 0 Å². The minimum absolute atomic E-state index is 0.810. The zero-order valence-electron chi connectivity index (χ0n) is 9.62. The van der Waals surface area contributed by atoms with Crippen molar-refractivity contribution in [1.82, 2.24) is 0 Å². The molecule has 1 aromatic carbocycles. The minimum atomic E-state index is -1.69. The molecule has 0 N–H and O–H groups in total. The molecule has 1 rings (SSSR count). The van der Waals surface area contributed by atoms with Gasteiger partial charge >= 0.3 is 92.1 Å². The predicted octanol–water partition coefficient (Wildman–Crippen LogP) is 4.43. The van der Waals surface area contributed by atoms with Gasteiger partial charge in [0.1, 0.15) is 0 Å². The van der Waals surface area contributed by atoms with E-state index in [-0.39, 0.29) is 0 Å². The van der Waals surface area contributed by atoms with Gasteiger partial charge in [-0.25, -0.2) is 0 Å². The maximum absolute atomic E-state index is 2.48. The molecule has 0 spiro atoms. The fourth-order valence-corrected chi connectivity index (χ4v) is 3.03. The molecule has 0 amide bonds. The molecule has 0 fully saturated rings. The Morgan fingerprint density at radius 1 is 1.07 bits per heavy atom. The van der Waals surface area contributed by atoms with Gasteiger partial charge in [-0.3, -0.25) is 0 Å². The number of hydrogen-bond acceptors (Lipinski definition) is 0. The van der Waals surface area contributed by atoms with Gasteiger partial charge in [0.15, 0.2) is 0 Å². The molecule has 1 unspecified atom stereocenters. The number of allylic oxidation sites excluding steroid dienone is 1. The standard InChI is InChI=1S/C10H11.3CH3.Sn/c1-2-3-7-10-8-5-4-6-9-10;;;;/h2-9H,1H3;3*1H3;/b7-3-;;;;. The second-order valence-electron chi connectivity index (χ2n) is 4.92. The second kappa shape index (κ2) is 5.01. The van der Waals surface area contributed by atoms with Crippen LogP contribution in [0.2, 0.25) is 18.8 Å². The fraction of sp³-hybridized carbons (Fsp3) is 0.385. The maximum atomic E-state index is 2.48. The third-order valence-corrected chi connectivity index (χ3v) is 11.1. The van der Waals surface area contributed by atoms with Crippen molar-refractivity contribution in [2.75, 3.05) is 0 Å². The molecule has 1 heteroatoms. The molecule has 0 aliphatic carbocycles. The Kier molecular flexibility index (Phi) is 4.24. The van der Waals surface area contributed by atoms with E-state index in [1.54, 1.807) is 0 Å². The van der Waals surface area contributed by atoms with Gasteiger partial charge in [-0.1, -0.05) is 0 Å². The Bertz CT molecular complexity index is 293. The summed E-state index contributed by atoms with van der Waals surface area (Å²) in [6.07, 6.45) is 4.64. The summed E-state index contributed by atoms with van der Waals surface area (Å²) in [5, 5.41) is 0. The van der Waals surface area contributed by atoms with Crippen molar-refractivity contribution in [3.8, 4) is 0 Å². The van der Waals surface area contributed by atoms with Gasteiger partial charge in [0, 0.05) is 0 Å². The monoisotopic (exact) mass is 296 g/mol. The Labute approximate surface area is 91.9 Å². The number of benzene rings is 1. The van der Waals surface area contributed by atoms with Crippen LogP contribution in [-0.2, 0) is 0 Å². The molecule has 0 saturated heterocycles. The zero-order valence-corrected chi connectivity index (χ0v) is 12.5. The zero-order chi connectivity index (χ0) is 10.6. The topological polar surface area (TPSA) is 0 Å². The summed E-state index contributed by atoms with van der Waals surface area (Å²) in [6.45, 7) is 2.36. The first-order chi connectivity index (χ1) is 6.50. The van der Waals surface area contributed by atoms with Crippen LogP contribution in [0.25, 0.3) is 6.08 Å². The molecule has 0 heterocycles. The SMILES string of the molecule is C[CH](/C=C\c1ccccc1)[Sn]([CH3])([CH3])[CH3]. The van der Waals surface area contributed by atoms with Crippen LogP contribution in [0.15, 0.2) is 36.4 Å². The summed E-state index contributed by atoms with van der Waals surface area (Å²) >= 11 is -1.69. The summed E-state index contributed by atoms with van der Waals surface area (Å²) < 4.78 is 0.810. The van der Waals surface area contributed by atoms with Crippen molar-refractivity contribution in [2.24, 2.45) is 0 Å². The van der Waals surface area contributed by atoms with Crippen molar-refractivity contribution < 1.29 is 0 Å². The first-order valence-corrected chi connectivity index (χ1v) is 15.4. The van der Waals surface area contributed by atoms with Gasteiger partial charge in [0.05, 0.1) is 0 Å². The normalized spacial score (nSPS) is 14.6. The van der Waals surface area contributed by atoms with E-state index in [1.165, 1.54) is 5.56 Å². The van der Waals surface area contributed by atoms with E-state index in [4.69, 9.17) is 0 Å². The molecular formula is C13H20Sn. The average molecular weight is 295 g/mol. The third-order valence-electron chi connectivity index (χ3n) is 2.74. The van der Waals surface area contributed by atoms with Gasteiger partial charge in [0.25, 0.3) is 0 Å².